The Morgan fingerprint density at radius 2 is 2.12 bits per heavy atom. The van der Waals surface area contributed by atoms with Gasteiger partial charge in [0.05, 0.1) is 12.6 Å². The molecule has 0 N–H and O–H groups in total. The maximum atomic E-state index is 11.9. The molecule has 0 aliphatic heterocycles. The molecular formula is C17H19N5O3. The molecule has 0 aliphatic carbocycles. The number of rotatable bonds is 8. The number of aryl methyl sites for hydroxylation is 2. The molecule has 0 unspecified atom stereocenters. The second-order valence-electron chi connectivity index (χ2n) is 5.46. The zero-order chi connectivity index (χ0) is 17.5. The molecule has 0 saturated carbocycles. The van der Waals surface area contributed by atoms with Crippen molar-refractivity contribution in [3.63, 3.8) is 0 Å². The summed E-state index contributed by atoms with van der Waals surface area (Å²) in [6, 6.07) is 9.69. The van der Waals surface area contributed by atoms with Crippen LogP contribution in [-0.4, -0.2) is 31.2 Å². The van der Waals surface area contributed by atoms with Crippen LogP contribution in [-0.2, 0) is 29.1 Å². The summed E-state index contributed by atoms with van der Waals surface area (Å²) in [5, 5.41) is 11.3. The Bertz CT molecular complexity index is 813. The maximum absolute atomic E-state index is 11.9. The zero-order valence-corrected chi connectivity index (χ0v) is 14.0. The number of hydrogen-bond donors (Lipinski definition) is 0. The predicted molar refractivity (Wildman–Crippen MR) is 88.2 cm³/mol. The molecule has 0 saturated heterocycles. The van der Waals surface area contributed by atoms with Gasteiger partial charge >= 0.3 is 5.97 Å². The van der Waals surface area contributed by atoms with E-state index >= 15 is 0 Å². The highest BCUT2D eigenvalue weighted by atomic mass is 16.5. The van der Waals surface area contributed by atoms with Crippen LogP contribution in [0.3, 0.4) is 0 Å². The Kier molecular flexibility index (Phi) is 5.50. The summed E-state index contributed by atoms with van der Waals surface area (Å²) in [6.45, 7) is 2.78. The van der Waals surface area contributed by atoms with Crippen molar-refractivity contribution in [3.8, 4) is 11.3 Å². The lowest BCUT2D eigenvalue weighted by Crippen LogP contribution is -2.11. The van der Waals surface area contributed by atoms with E-state index in [-0.39, 0.29) is 19.0 Å². The minimum absolute atomic E-state index is 0.0622. The Morgan fingerprint density at radius 3 is 2.92 bits per heavy atom. The summed E-state index contributed by atoms with van der Waals surface area (Å²) >= 11 is 0. The number of tetrazole rings is 1. The topological polar surface area (TPSA) is 95.9 Å². The fraction of sp³-hybridized carbons (Fsp3) is 0.353. The van der Waals surface area contributed by atoms with Gasteiger partial charge in [-0.25, -0.2) is 9.67 Å². The van der Waals surface area contributed by atoms with Crippen molar-refractivity contribution in [1.29, 1.82) is 0 Å². The van der Waals surface area contributed by atoms with Gasteiger partial charge in [-0.05, 0) is 16.8 Å². The number of nitrogens with zero attached hydrogens (tertiary/aromatic N) is 5. The van der Waals surface area contributed by atoms with Crippen molar-refractivity contribution in [2.75, 3.05) is 0 Å². The van der Waals surface area contributed by atoms with Crippen molar-refractivity contribution in [2.24, 2.45) is 0 Å². The lowest BCUT2D eigenvalue weighted by atomic mass is 10.2. The van der Waals surface area contributed by atoms with Crippen molar-refractivity contribution in [3.05, 3.63) is 48.2 Å². The molecule has 8 heteroatoms. The summed E-state index contributed by atoms with van der Waals surface area (Å²) in [4.78, 5) is 16.1. The number of carbonyl (C=O) groups excluding carboxylic acids is 1. The van der Waals surface area contributed by atoms with Crippen LogP contribution >= 0.6 is 0 Å². The summed E-state index contributed by atoms with van der Waals surface area (Å²) in [5.74, 6) is 1.39. The number of esters is 1. The number of oxazole rings is 1. The first-order valence-electron chi connectivity index (χ1n) is 8.17. The third kappa shape index (κ3) is 4.50. The third-order valence-electron chi connectivity index (χ3n) is 3.56. The summed E-state index contributed by atoms with van der Waals surface area (Å²) < 4.78 is 12.5. The van der Waals surface area contributed by atoms with E-state index in [1.165, 1.54) is 0 Å². The molecule has 8 nitrogen and oxygen atoms in total. The fourth-order valence-corrected chi connectivity index (χ4v) is 2.30. The van der Waals surface area contributed by atoms with E-state index in [1.54, 1.807) is 10.9 Å². The number of carbonyl (C=O) groups is 1. The molecule has 2 heterocycles. The number of hydrogen-bond acceptors (Lipinski definition) is 7. The largest absolute Gasteiger partial charge is 0.457 e. The normalized spacial score (nSPS) is 10.8. The average molecular weight is 341 g/mol. The first-order chi connectivity index (χ1) is 12.3. The Balaban J connectivity index is 1.48. The minimum atomic E-state index is -0.342. The molecule has 0 atom stereocenters. The fourth-order valence-electron chi connectivity index (χ4n) is 2.30. The van der Waals surface area contributed by atoms with Crippen LogP contribution < -0.4 is 0 Å². The van der Waals surface area contributed by atoms with Crippen LogP contribution in [0.1, 0.15) is 31.5 Å². The number of ether oxygens (including phenoxy) is 1. The molecule has 130 valence electrons. The number of benzene rings is 1. The summed E-state index contributed by atoms with van der Waals surface area (Å²) in [6.07, 6.45) is 3.13. The Labute approximate surface area is 144 Å². The van der Waals surface area contributed by atoms with E-state index in [9.17, 15) is 4.79 Å². The van der Waals surface area contributed by atoms with Crippen LogP contribution in [0, 0.1) is 0 Å². The quantitative estimate of drug-likeness (QED) is 0.580. The number of aromatic nitrogens is 5. The van der Waals surface area contributed by atoms with Crippen LogP contribution in [0.25, 0.3) is 11.3 Å². The molecule has 25 heavy (non-hydrogen) atoms. The molecule has 0 spiro atoms. The monoisotopic (exact) mass is 341 g/mol. The molecule has 3 aromatic rings. The van der Waals surface area contributed by atoms with Gasteiger partial charge in [0.15, 0.2) is 24.1 Å². The molecule has 0 amide bonds. The van der Waals surface area contributed by atoms with E-state index < -0.39 is 0 Å². The van der Waals surface area contributed by atoms with Crippen molar-refractivity contribution < 1.29 is 13.9 Å². The van der Waals surface area contributed by atoms with Gasteiger partial charge in [0.2, 0.25) is 0 Å². The van der Waals surface area contributed by atoms with Gasteiger partial charge in [-0.2, -0.15) is 0 Å². The Hall–Kier alpha value is -3.03. The van der Waals surface area contributed by atoms with Crippen LogP contribution in [0.2, 0.25) is 0 Å². The van der Waals surface area contributed by atoms with Gasteiger partial charge in [0, 0.05) is 18.5 Å². The van der Waals surface area contributed by atoms with Crippen molar-refractivity contribution in [1.82, 2.24) is 25.2 Å². The van der Waals surface area contributed by atoms with Crippen LogP contribution in [0.4, 0.5) is 0 Å². The van der Waals surface area contributed by atoms with Gasteiger partial charge in [0.25, 0.3) is 0 Å². The summed E-state index contributed by atoms with van der Waals surface area (Å²) in [7, 11) is 0. The molecule has 0 radical (unpaired) electrons. The highest BCUT2D eigenvalue weighted by molar-refractivity contribution is 5.69. The van der Waals surface area contributed by atoms with Crippen molar-refractivity contribution in [2.45, 2.75) is 39.3 Å². The zero-order valence-electron chi connectivity index (χ0n) is 14.0. The molecule has 0 fully saturated rings. The Morgan fingerprint density at radius 1 is 1.28 bits per heavy atom. The highest BCUT2D eigenvalue weighted by Gasteiger charge is 2.12. The van der Waals surface area contributed by atoms with Gasteiger partial charge in [-0.1, -0.05) is 37.3 Å². The van der Waals surface area contributed by atoms with E-state index in [2.05, 4.69) is 20.5 Å². The third-order valence-corrected chi connectivity index (χ3v) is 3.56. The second-order valence-corrected chi connectivity index (χ2v) is 5.46. The van der Waals surface area contributed by atoms with Gasteiger partial charge in [-0.3, -0.25) is 4.79 Å². The maximum Gasteiger partial charge on any atom is 0.306 e. The van der Waals surface area contributed by atoms with E-state index in [0.717, 1.165) is 12.0 Å². The van der Waals surface area contributed by atoms with E-state index in [4.69, 9.17) is 9.15 Å². The average Bonchev–Trinajstić information content (AvgIpc) is 3.29. The van der Waals surface area contributed by atoms with Crippen molar-refractivity contribution >= 4 is 5.97 Å². The van der Waals surface area contributed by atoms with Gasteiger partial charge in [-0.15, -0.1) is 5.10 Å². The molecule has 0 bridgehead atoms. The lowest BCUT2D eigenvalue weighted by molar-refractivity contribution is -0.145. The molecule has 2 aromatic heterocycles. The standard InChI is InChI=1S/C17H19N5O3/c1-2-10-22-15(19-20-21-22)12-24-17(23)9-8-16-18-11-14(25-16)13-6-4-3-5-7-13/h3-7,11H,2,8-10,12H2,1H3. The van der Waals surface area contributed by atoms with Crippen LogP contribution in [0.15, 0.2) is 40.9 Å². The molecule has 1 aromatic carbocycles. The molecule has 0 aliphatic rings. The smallest absolute Gasteiger partial charge is 0.306 e. The predicted octanol–water partition coefficient (Wildman–Crippen LogP) is 2.41. The SMILES string of the molecule is CCCn1nnnc1COC(=O)CCc1ncc(-c2ccccc2)o1. The molecule has 3 rings (SSSR count). The minimum Gasteiger partial charge on any atom is -0.457 e. The van der Waals surface area contributed by atoms with Gasteiger partial charge in [0.1, 0.15) is 0 Å². The highest BCUT2D eigenvalue weighted by Crippen LogP contribution is 2.20. The second kappa shape index (κ2) is 8.18. The molecular weight excluding hydrogens is 322 g/mol. The van der Waals surface area contributed by atoms with Gasteiger partial charge < -0.3 is 9.15 Å². The van der Waals surface area contributed by atoms with E-state index in [1.807, 2.05) is 37.3 Å². The lowest BCUT2D eigenvalue weighted by Gasteiger charge is -2.04. The first kappa shape index (κ1) is 16.8. The van der Waals surface area contributed by atoms with Crippen LogP contribution in [0.5, 0.6) is 0 Å². The summed E-state index contributed by atoms with van der Waals surface area (Å²) in [5.41, 5.74) is 0.951. The van der Waals surface area contributed by atoms with E-state index in [0.29, 0.717) is 30.4 Å². The first-order valence-corrected chi connectivity index (χ1v) is 8.17.